The number of likely N-dealkylation sites (N-methyl/N-ethyl adjacent to an activating group) is 2. The molecule has 0 amide bonds. The Morgan fingerprint density at radius 2 is 0.912 bits per heavy atom. The summed E-state index contributed by atoms with van der Waals surface area (Å²) in [6.45, 7) is 30.5. The Hall–Kier alpha value is -1.53. The molecule has 10 nitrogen and oxygen atoms in total. The summed E-state index contributed by atoms with van der Waals surface area (Å²) in [5, 5.41) is -0.248. The highest BCUT2D eigenvalue weighted by Crippen LogP contribution is 2.20. The molecule has 57 heavy (non-hydrogen) atoms. The molecule has 0 aromatic rings. The van der Waals surface area contributed by atoms with Gasteiger partial charge in [0.05, 0.1) is 23.1 Å². The SMILES string of the molecule is C.C.C.C.C.C.CC(=O)CCC(=O)C(C)C.CC(C)C(=O)C(C)(C)N(C)C.CC(C)C(=O)CN(C)C.CC(C)CC(C)(C)N(C)C.CC(C)S(=O)(=O)CCN(C)C. The molecule has 0 spiro atoms. The van der Waals surface area contributed by atoms with Gasteiger partial charge in [0.1, 0.15) is 17.3 Å². The number of rotatable bonds is 17. The van der Waals surface area contributed by atoms with Crippen molar-refractivity contribution in [3.63, 3.8) is 0 Å². The molecule has 0 saturated heterocycles. The lowest BCUT2D eigenvalue weighted by Crippen LogP contribution is -2.47. The van der Waals surface area contributed by atoms with Crippen molar-refractivity contribution in [2.75, 3.05) is 75.2 Å². The average Bonchev–Trinajstić information content (AvgIpc) is 2.94. The Bertz CT molecular complexity index is 1060. The van der Waals surface area contributed by atoms with Crippen molar-refractivity contribution in [3.05, 3.63) is 0 Å². The quantitative estimate of drug-likeness (QED) is 0.140. The Balaban J connectivity index is -0.0000000503. The second-order valence-corrected chi connectivity index (χ2v) is 19.9. The molecular weight excluding hydrogens is 737 g/mol. The predicted molar refractivity (Wildman–Crippen MR) is 261 cm³/mol. The van der Waals surface area contributed by atoms with Crippen LogP contribution in [-0.4, -0.2) is 143 Å². The average molecular weight is 847 g/mol. The summed E-state index contributed by atoms with van der Waals surface area (Å²) in [5.41, 5.74) is 0.0301. The second-order valence-electron chi connectivity index (χ2n) is 17.2. The number of ketones is 4. The van der Waals surface area contributed by atoms with Crippen molar-refractivity contribution >= 4 is 33.0 Å². The van der Waals surface area contributed by atoms with Crippen molar-refractivity contribution in [2.24, 2.45) is 23.7 Å². The molecule has 0 N–H and O–H groups in total. The molecule has 0 unspecified atom stereocenters. The molecule has 0 rings (SSSR count). The van der Waals surface area contributed by atoms with Gasteiger partial charge in [0.2, 0.25) is 0 Å². The predicted octanol–water partition coefficient (Wildman–Crippen LogP) is 10.5. The van der Waals surface area contributed by atoms with E-state index < -0.39 is 9.84 Å². The summed E-state index contributed by atoms with van der Waals surface area (Å²) in [7, 11) is 12.9. The molecule has 356 valence electrons. The van der Waals surface area contributed by atoms with E-state index >= 15 is 0 Å². The fourth-order valence-electron chi connectivity index (χ4n) is 3.74. The summed E-state index contributed by atoms with van der Waals surface area (Å²) >= 11 is 0. The van der Waals surface area contributed by atoms with E-state index in [0.717, 1.165) is 5.92 Å². The molecule has 0 atom stereocenters. The van der Waals surface area contributed by atoms with E-state index in [2.05, 4.69) is 46.7 Å². The van der Waals surface area contributed by atoms with Gasteiger partial charge in [0.25, 0.3) is 0 Å². The summed E-state index contributed by atoms with van der Waals surface area (Å²) in [5.74, 6) is 2.28. The fourth-order valence-corrected chi connectivity index (χ4v) is 4.83. The minimum atomic E-state index is -2.83. The summed E-state index contributed by atoms with van der Waals surface area (Å²) in [6.07, 6.45) is 2.07. The molecule has 0 aromatic carbocycles. The molecule has 0 heterocycles. The third kappa shape index (κ3) is 50.5. The van der Waals surface area contributed by atoms with Gasteiger partial charge in [0, 0.05) is 42.7 Å². The normalized spacial score (nSPS) is 10.7. The van der Waals surface area contributed by atoms with Crippen molar-refractivity contribution in [1.82, 2.24) is 19.6 Å². The summed E-state index contributed by atoms with van der Waals surface area (Å²) in [6, 6.07) is 0. The van der Waals surface area contributed by atoms with Crippen LogP contribution in [-0.2, 0) is 29.0 Å². The zero-order chi connectivity index (χ0) is 42.2. The Morgan fingerprint density at radius 1 is 0.544 bits per heavy atom. The zero-order valence-corrected chi connectivity index (χ0v) is 38.6. The van der Waals surface area contributed by atoms with E-state index in [0.29, 0.717) is 43.0 Å². The molecule has 0 aromatic heterocycles. The van der Waals surface area contributed by atoms with Crippen LogP contribution in [0.15, 0.2) is 0 Å². The van der Waals surface area contributed by atoms with Crippen LogP contribution >= 0.6 is 0 Å². The van der Waals surface area contributed by atoms with Crippen LogP contribution in [0, 0.1) is 23.7 Å². The lowest BCUT2D eigenvalue weighted by atomic mass is 9.90. The summed E-state index contributed by atoms with van der Waals surface area (Å²) in [4.78, 5) is 51.8. The first-order chi connectivity index (χ1) is 22.6. The summed E-state index contributed by atoms with van der Waals surface area (Å²) < 4.78 is 22.4. The molecule has 0 bridgehead atoms. The topological polar surface area (TPSA) is 115 Å². The number of carbonyl (C=O) groups is 4. The molecular formula is C46H110N4O6S. The van der Waals surface area contributed by atoms with Crippen LogP contribution < -0.4 is 0 Å². The molecule has 0 aliphatic carbocycles. The van der Waals surface area contributed by atoms with Gasteiger partial charge in [0.15, 0.2) is 15.6 Å². The maximum Gasteiger partial charge on any atom is 0.155 e. The highest BCUT2D eigenvalue weighted by Gasteiger charge is 2.31. The van der Waals surface area contributed by atoms with Crippen LogP contribution in [0.1, 0.15) is 168 Å². The van der Waals surface area contributed by atoms with E-state index in [-0.39, 0.29) is 90.4 Å². The number of Topliss-reactive ketones (excluding diaryl/α,β-unsaturated/α-hetero) is 4. The Labute approximate surface area is 362 Å². The first kappa shape index (κ1) is 83.2. The Morgan fingerprint density at radius 3 is 1.07 bits per heavy atom. The lowest BCUT2D eigenvalue weighted by molar-refractivity contribution is -0.131. The third-order valence-corrected chi connectivity index (χ3v) is 10.6. The second kappa shape index (κ2) is 41.2. The van der Waals surface area contributed by atoms with Gasteiger partial charge < -0.3 is 19.5 Å². The smallest absolute Gasteiger partial charge is 0.155 e. The van der Waals surface area contributed by atoms with Gasteiger partial charge >= 0.3 is 0 Å². The number of hydrogen-bond acceptors (Lipinski definition) is 10. The van der Waals surface area contributed by atoms with Gasteiger partial charge in [-0.05, 0) is 117 Å². The first-order valence-electron chi connectivity index (χ1n) is 18.5. The first-order valence-corrected chi connectivity index (χ1v) is 20.3. The van der Waals surface area contributed by atoms with E-state index in [1.807, 2.05) is 112 Å². The van der Waals surface area contributed by atoms with Crippen molar-refractivity contribution in [2.45, 2.75) is 184 Å². The Kier molecular flexibility index (Phi) is 60.2. The number of sulfone groups is 1. The molecule has 0 aliphatic rings. The van der Waals surface area contributed by atoms with Crippen molar-refractivity contribution < 1.29 is 27.6 Å². The van der Waals surface area contributed by atoms with E-state index in [9.17, 15) is 27.6 Å². The van der Waals surface area contributed by atoms with Crippen molar-refractivity contribution in [3.8, 4) is 0 Å². The lowest BCUT2D eigenvalue weighted by Gasteiger charge is -2.34. The molecule has 0 saturated carbocycles. The van der Waals surface area contributed by atoms with Crippen LogP contribution in [0.4, 0.5) is 0 Å². The van der Waals surface area contributed by atoms with Gasteiger partial charge in [-0.3, -0.25) is 19.3 Å². The van der Waals surface area contributed by atoms with Crippen LogP contribution in [0.3, 0.4) is 0 Å². The van der Waals surface area contributed by atoms with Gasteiger partial charge in [-0.2, -0.15) is 0 Å². The number of hydrogen-bond donors (Lipinski definition) is 0. The molecule has 11 heteroatoms. The van der Waals surface area contributed by atoms with Gasteiger partial charge in [-0.25, -0.2) is 8.42 Å². The standard InChI is InChI=1S/C9H19NO.C9H21N.C8H14O2.C7H17NO2S.C7H15NO.6CH4/c1-7(2)8(11)9(3,4)10(5)6;1-8(2)7-9(3,4)10(5)6;1-6(2)8(10)5-4-7(3)9;1-7(2)11(9,10)6-5-8(3)4;1-6(2)7(9)5-8(3)4;;;;;;/h7H,1-6H3;8H,7H2,1-6H3;6H,4-5H2,1-3H3;7H,5-6H2,1-4H3;6H,5H2,1-4H3;6*1H4. The van der Waals surface area contributed by atoms with Crippen LogP contribution in [0.2, 0.25) is 0 Å². The molecule has 0 aliphatic heterocycles. The van der Waals surface area contributed by atoms with E-state index in [1.165, 1.54) is 13.3 Å². The van der Waals surface area contributed by atoms with Crippen LogP contribution in [0.5, 0.6) is 0 Å². The third-order valence-electron chi connectivity index (χ3n) is 8.39. The van der Waals surface area contributed by atoms with E-state index in [1.54, 1.807) is 13.8 Å². The van der Waals surface area contributed by atoms with Crippen LogP contribution in [0.25, 0.3) is 0 Å². The van der Waals surface area contributed by atoms with Gasteiger partial charge in [-0.1, -0.05) is 99.9 Å². The number of nitrogens with zero attached hydrogens (tertiary/aromatic N) is 4. The molecule has 0 fully saturated rings. The maximum atomic E-state index is 11.6. The fraction of sp³-hybridized carbons (Fsp3) is 0.913. The highest BCUT2D eigenvalue weighted by atomic mass is 32.2. The minimum Gasteiger partial charge on any atom is -0.308 e. The number of carbonyl (C=O) groups excluding carboxylic acids is 4. The van der Waals surface area contributed by atoms with Crippen molar-refractivity contribution in [1.29, 1.82) is 0 Å². The largest absolute Gasteiger partial charge is 0.308 e. The van der Waals surface area contributed by atoms with E-state index in [4.69, 9.17) is 0 Å². The van der Waals surface area contributed by atoms with Gasteiger partial charge in [-0.15, -0.1) is 0 Å². The molecule has 0 radical (unpaired) electrons. The minimum absolute atomic E-state index is 0. The monoisotopic (exact) mass is 847 g/mol. The zero-order valence-electron chi connectivity index (χ0n) is 37.8. The highest BCUT2D eigenvalue weighted by molar-refractivity contribution is 7.92. The maximum absolute atomic E-state index is 11.6.